The van der Waals surface area contributed by atoms with E-state index in [1.807, 2.05) is 31.2 Å². The van der Waals surface area contributed by atoms with E-state index in [1.165, 1.54) is 5.56 Å². The summed E-state index contributed by atoms with van der Waals surface area (Å²) in [4.78, 5) is 0. The second kappa shape index (κ2) is 5.86. The van der Waals surface area contributed by atoms with Crippen molar-refractivity contribution in [2.75, 3.05) is 11.9 Å². The lowest BCUT2D eigenvalue weighted by Gasteiger charge is -2.32. The molecule has 20 heavy (non-hydrogen) atoms. The summed E-state index contributed by atoms with van der Waals surface area (Å²) in [6, 6.07) is 13.8. The molecular formula is C17H20ClNO. The van der Waals surface area contributed by atoms with E-state index in [0.717, 1.165) is 16.8 Å². The average Bonchev–Trinajstić information content (AvgIpc) is 2.44. The number of aliphatic hydroxyl groups is 1. The van der Waals surface area contributed by atoms with E-state index in [9.17, 15) is 5.11 Å². The Bertz CT molecular complexity index is 612. The molecule has 0 aromatic heterocycles. The van der Waals surface area contributed by atoms with Crippen LogP contribution in [0.3, 0.4) is 0 Å². The Kier molecular flexibility index (Phi) is 4.36. The van der Waals surface area contributed by atoms with Crippen molar-refractivity contribution in [1.29, 1.82) is 0 Å². The SMILES string of the molecule is Cc1ccc(C)c(C(C)(CO)Nc2ccccc2Cl)c1. The number of anilines is 1. The highest BCUT2D eigenvalue weighted by Gasteiger charge is 2.28. The molecule has 0 saturated carbocycles. The van der Waals surface area contributed by atoms with E-state index in [0.29, 0.717) is 5.02 Å². The monoisotopic (exact) mass is 289 g/mol. The summed E-state index contributed by atoms with van der Waals surface area (Å²) >= 11 is 6.20. The predicted octanol–water partition coefficient (Wildman–Crippen LogP) is 4.28. The van der Waals surface area contributed by atoms with E-state index in [2.05, 4.69) is 37.4 Å². The molecule has 0 aliphatic carbocycles. The van der Waals surface area contributed by atoms with Gasteiger partial charge in [0.05, 0.1) is 22.9 Å². The van der Waals surface area contributed by atoms with Crippen LogP contribution in [0, 0.1) is 13.8 Å². The first-order valence-corrected chi connectivity index (χ1v) is 7.05. The summed E-state index contributed by atoms with van der Waals surface area (Å²) in [6.45, 7) is 6.08. The molecule has 2 aromatic carbocycles. The first kappa shape index (κ1) is 14.9. The zero-order valence-electron chi connectivity index (χ0n) is 12.1. The molecule has 0 aliphatic rings. The zero-order valence-corrected chi connectivity index (χ0v) is 12.8. The Hall–Kier alpha value is -1.51. The summed E-state index contributed by atoms with van der Waals surface area (Å²) in [5.41, 5.74) is 3.66. The molecule has 0 fully saturated rings. The molecule has 1 unspecified atom stereocenters. The maximum Gasteiger partial charge on any atom is 0.0831 e. The van der Waals surface area contributed by atoms with Crippen molar-refractivity contribution >= 4 is 17.3 Å². The number of rotatable bonds is 4. The molecule has 2 nitrogen and oxygen atoms in total. The number of para-hydroxylation sites is 1. The van der Waals surface area contributed by atoms with Gasteiger partial charge in [0.2, 0.25) is 0 Å². The fourth-order valence-electron chi connectivity index (χ4n) is 2.38. The van der Waals surface area contributed by atoms with Gasteiger partial charge in [-0.1, -0.05) is 47.5 Å². The number of hydrogen-bond donors (Lipinski definition) is 2. The largest absolute Gasteiger partial charge is 0.394 e. The number of aryl methyl sites for hydroxylation is 2. The first-order chi connectivity index (χ1) is 9.46. The van der Waals surface area contributed by atoms with Crippen LogP contribution in [0.25, 0.3) is 0 Å². The minimum absolute atomic E-state index is 0.0114. The predicted molar refractivity (Wildman–Crippen MR) is 85.4 cm³/mol. The lowest BCUT2D eigenvalue weighted by molar-refractivity contribution is 0.223. The fourth-order valence-corrected chi connectivity index (χ4v) is 2.57. The topological polar surface area (TPSA) is 32.3 Å². The third-order valence-electron chi connectivity index (χ3n) is 3.59. The highest BCUT2D eigenvalue weighted by Crippen LogP contribution is 2.32. The van der Waals surface area contributed by atoms with E-state index in [-0.39, 0.29) is 6.61 Å². The number of halogens is 1. The van der Waals surface area contributed by atoms with Crippen molar-refractivity contribution in [3.05, 3.63) is 64.2 Å². The molecule has 2 aromatic rings. The minimum atomic E-state index is -0.568. The summed E-state index contributed by atoms with van der Waals surface area (Å²) in [6.07, 6.45) is 0. The number of aliphatic hydroxyl groups excluding tert-OH is 1. The van der Waals surface area contributed by atoms with Crippen LogP contribution >= 0.6 is 11.6 Å². The summed E-state index contributed by atoms with van der Waals surface area (Å²) in [5.74, 6) is 0. The summed E-state index contributed by atoms with van der Waals surface area (Å²) < 4.78 is 0. The van der Waals surface area contributed by atoms with Crippen LogP contribution in [0.4, 0.5) is 5.69 Å². The van der Waals surface area contributed by atoms with Gasteiger partial charge in [0.1, 0.15) is 0 Å². The maximum absolute atomic E-state index is 9.90. The molecule has 0 radical (unpaired) electrons. The van der Waals surface area contributed by atoms with Gasteiger partial charge in [0, 0.05) is 0 Å². The molecule has 0 spiro atoms. The van der Waals surface area contributed by atoms with Gasteiger partial charge in [-0.3, -0.25) is 0 Å². The molecule has 0 saturated heterocycles. The molecule has 0 amide bonds. The molecule has 2 rings (SSSR count). The normalized spacial score (nSPS) is 13.8. The minimum Gasteiger partial charge on any atom is -0.394 e. The standard InChI is InChI=1S/C17H20ClNO/c1-12-8-9-13(2)14(10-12)17(3,11-20)19-16-7-5-4-6-15(16)18/h4-10,19-20H,11H2,1-3H3. The molecule has 0 bridgehead atoms. The third-order valence-corrected chi connectivity index (χ3v) is 3.92. The Morgan fingerprint density at radius 1 is 1.15 bits per heavy atom. The molecule has 0 aliphatic heterocycles. The van der Waals surface area contributed by atoms with Crippen molar-refractivity contribution in [2.45, 2.75) is 26.3 Å². The van der Waals surface area contributed by atoms with Crippen molar-refractivity contribution in [2.24, 2.45) is 0 Å². The Morgan fingerprint density at radius 3 is 2.50 bits per heavy atom. The van der Waals surface area contributed by atoms with Crippen molar-refractivity contribution in [3.63, 3.8) is 0 Å². The molecular weight excluding hydrogens is 270 g/mol. The van der Waals surface area contributed by atoms with Gasteiger partial charge < -0.3 is 10.4 Å². The Balaban J connectivity index is 2.43. The van der Waals surface area contributed by atoms with Crippen LogP contribution in [-0.2, 0) is 5.54 Å². The van der Waals surface area contributed by atoms with Gasteiger partial charge in [-0.05, 0) is 44.0 Å². The smallest absolute Gasteiger partial charge is 0.0831 e. The summed E-state index contributed by atoms with van der Waals surface area (Å²) in [5, 5.41) is 13.9. The van der Waals surface area contributed by atoms with Gasteiger partial charge in [0.25, 0.3) is 0 Å². The number of hydrogen-bond acceptors (Lipinski definition) is 2. The second-order valence-electron chi connectivity index (χ2n) is 5.41. The molecule has 3 heteroatoms. The van der Waals surface area contributed by atoms with Crippen LogP contribution in [-0.4, -0.2) is 11.7 Å². The molecule has 2 N–H and O–H groups in total. The van der Waals surface area contributed by atoms with Crippen molar-refractivity contribution < 1.29 is 5.11 Å². The van der Waals surface area contributed by atoms with Crippen LogP contribution in [0.15, 0.2) is 42.5 Å². The van der Waals surface area contributed by atoms with Crippen LogP contribution in [0.5, 0.6) is 0 Å². The van der Waals surface area contributed by atoms with Gasteiger partial charge in [-0.2, -0.15) is 0 Å². The van der Waals surface area contributed by atoms with Crippen LogP contribution in [0.2, 0.25) is 5.02 Å². The van der Waals surface area contributed by atoms with Crippen molar-refractivity contribution in [1.82, 2.24) is 0 Å². The quantitative estimate of drug-likeness (QED) is 0.881. The van der Waals surface area contributed by atoms with E-state index >= 15 is 0 Å². The van der Waals surface area contributed by atoms with Gasteiger partial charge in [-0.25, -0.2) is 0 Å². The van der Waals surface area contributed by atoms with E-state index < -0.39 is 5.54 Å². The van der Waals surface area contributed by atoms with E-state index in [1.54, 1.807) is 0 Å². The van der Waals surface area contributed by atoms with E-state index in [4.69, 9.17) is 11.6 Å². The lowest BCUT2D eigenvalue weighted by atomic mass is 9.87. The van der Waals surface area contributed by atoms with Gasteiger partial charge in [0.15, 0.2) is 0 Å². The third kappa shape index (κ3) is 2.97. The first-order valence-electron chi connectivity index (χ1n) is 6.67. The van der Waals surface area contributed by atoms with Crippen LogP contribution in [0.1, 0.15) is 23.6 Å². The number of benzene rings is 2. The van der Waals surface area contributed by atoms with Gasteiger partial charge in [-0.15, -0.1) is 0 Å². The maximum atomic E-state index is 9.90. The van der Waals surface area contributed by atoms with Crippen molar-refractivity contribution in [3.8, 4) is 0 Å². The zero-order chi connectivity index (χ0) is 14.8. The number of nitrogens with one attached hydrogen (secondary N) is 1. The highest BCUT2D eigenvalue weighted by molar-refractivity contribution is 6.33. The summed E-state index contributed by atoms with van der Waals surface area (Å²) in [7, 11) is 0. The fraction of sp³-hybridized carbons (Fsp3) is 0.294. The Labute approximate surface area is 125 Å². The second-order valence-corrected chi connectivity index (χ2v) is 5.82. The average molecular weight is 290 g/mol. The Morgan fingerprint density at radius 2 is 1.85 bits per heavy atom. The molecule has 106 valence electrons. The highest BCUT2D eigenvalue weighted by atomic mass is 35.5. The van der Waals surface area contributed by atoms with Crippen LogP contribution < -0.4 is 5.32 Å². The molecule has 0 heterocycles. The van der Waals surface area contributed by atoms with Gasteiger partial charge >= 0.3 is 0 Å². The lowest BCUT2D eigenvalue weighted by Crippen LogP contribution is -2.36. The molecule has 1 atom stereocenters.